The first kappa shape index (κ1) is 27.1. The molecule has 1 atom stereocenters. The Labute approximate surface area is 196 Å². The summed E-state index contributed by atoms with van der Waals surface area (Å²) in [5, 5.41) is 3.73. The molecule has 0 bridgehead atoms. The molecule has 0 aliphatic heterocycles. The van der Waals surface area contributed by atoms with Crippen LogP contribution in [0.25, 0.3) is 0 Å². The molecule has 1 unspecified atom stereocenters. The number of hydrogen-bond acceptors (Lipinski definition) is 4. The van der Waals surface area contributed by atoms with E-state index in [2.05, 4.69) is 9.84 Å². The molecule has 2 aromatic rings. The van der Waals surface area contributed by atoms with E-state index in [-0.39, 0.29) is 18.0 Å². The average Bonchev–Trinajstić information content (AvgIpc) is 2.74. The Bertz CT molecular complexity index is 853. The first-order valence-electron chi connectivity index (χ1n) is 10.3. The maximum absolute atomic E-state index is 13.5. The summed E-state index contributed by atoms with van der Waals surface area (Å²) in [6.07, 6.45) is -0.207. The zero-order valence-corrected chi connectivity index (χ0v) is 20.0. The van der Waals surface area contributed by atoms with Gasteiger partial charge in [0.1, 0.15) is 6.61 Å². The van der Waals surface area contributed by atoms with Crippen molar-refractivity contribution >= 4 is 31.6 Å². The quantitative estimate of drug-likeness (QED) is 0.163. The summed E-state index contributed by atoms with van der Waals surface area (Å²) in [7, 11) is -2.62. The number of thioether (sulfide) groups is 1. The van der Waals surface area contributed by atoms with Gasteiger partial charge in [-0.15, -0.1) is 21.2 Å². The summed E-state index contributed by atoms with van der Waals surface area (Å²) >= 11 is 7.11. The van der Waals surface area contributed by atoms with E-state index in [1.165, 1.54) is 29.5 Å². The van der Waals surface area contributed by atoms with E-state index >= 15 is 0 Å². The van der Waals surface area contributed by atoms with Gasteiger partial charge in [0.15, 0.2) is 0 Å². The predicted octanol–water partition coefficient (Wildman–Crippen LogP) is 7.01. The molecule has 0 aromatic heterocycles. The van der Waals surface area contributed by atoms with Crippen molar-refractivity contribution in [3.8, 4) is 0 Å². The molecule has 2 N–H and O–H groups in total. The molecule has 4 nitrogen and oxygen atoms in total. The van der Waals surface area contributed by atoms with E-state index in [9.17, 15) is 17.7 Å². The van der Waals surface area contributed by atoms with Crippen LogP contribution in [0.15, 0.2) is 47.4 Å². The molecule has 0 heterocycles. The highest BCUT2D eigenvalue weighted by atomic mass is 35.5. The number of nitrogens with one attached hydrogen (secondary N) is 1. The maximum Gasteiger partial charge on any atom is 0.694 e. The van der Waals surface area contributed by atoms with Gasteiger partial charge in [-0.1, -0.05) is 36.2 Å². The van der Waals surface area contributed by atoms with Gasteiger partial charge in [0.25, 0.3) is 0 Å². The number of alkyl halides is 3. The third-order valence-electron chi connectivity index (χ3n) is 4.66. The second-order valence-electron chi connectivity index (χ2n) is 7.22. The van der Waals surface area contributed by atoms with Gasteiger partial charge in [-0.25, -0.2) is 0 Å². The van der Waals surface area contributed by atoms with Gasteiger partial charge in [-0.05, 0) is 73.4 Å². The summed E-state index contributed by atoms with van der Waals surface area (Å²) in [6, 6.07) is 12.1. The van der Waals surface area contributed by atoms with Crippen LogP contribution in [0.3, 0.4) is 0 Å². The Kier molecular flexibility index (Phi) is 12.0. The van der Waals surface area contributed by atoms with Crippen LogP contribution in [0.1, 0.15) is 42.4 Å². The Hall–Kier alpha value is -1.15. The van der Waals surface area contributed by atoms with Gasteiger partial charge < -0.3 is 5.32 Å². The van der Waals surface area contributed by atoms with Crippen LogP contribution in [0, 0.1) is 0 Å². The summed E-state index contributed by atoms with van der Waals surface area (Å²) in [6.45, 7) is 0.864. The Morgan fingerprint density at radius 3 is 2.44 bits per heavy atom. The van der Waals surface area contributed by atoms with E-state index < -0.39 is 20.0 Å². The Morgan fingerprint density at radius 1 is 1.03 bits per heavy atom. The zero-order chi connectivity index (χ0) is 23.4. The van der Waals surface area contributed by atoms with Gasteiger partial charge in [0.2, 0.25) is 0 Å². The fourth-order valence-corrected chi connectivity index (χ4v) is 4.52. The van der Waals surface area contributed by atoms with Crippen LogP contribution in [0.5, 0.6) is 0 Å². The van der Waals surface area contributed by atoms with Crippen LogP contribution in [0.4, 0.5) is 13.2 Å². The van der Waals surface area contributed by atoms with Gasteiger partial charge in [0, 0.05) is 21.0 Å². The molecule has 0 aliphatic rings. The summed E-state index contributed by atoms with van der Waals surface area (Å²) in [5.74, 6) is 0.633. The number of benzene rings is 2. The van der Waals surface area contributed by atoms with Crippen molar-refractivity contribution in [2.45, 2.75) is 49.7 Å². The van der Waals surface area contributed by atoms with Crippen LogP contribution in [-0.4, -0.2) is 23.8 Å². The molecular weight excluding hydrogens is 482 g/mol. The smallest absolute Gasteiger partial charge is 0.313 e. The molecule has 0 amide bonds. The third kappa shape index (κ3) is 10.6. The Balaban J connectivity index is 1.76. The lowest BCUT2D eigenvalue weighted by molar-refractivity contribution is -0.139. The summed E-state index contributed by atoms with van der Waals surface area (Å²) in [4.78, 5) is 8.78. The second kappa shape index (κ2) is 14.2. The lowest BCUT2D eigenvalue weighted by Gasteiger charge is -2.14. The number of unbranched alkanes of at least 4 members (excludes halogenated alkanes) is 2. The highest BCUT2D eigenvalue weighted by Crippen LogP contribution is 2.37. The minimum atomic E-state index is -4.41. The lowest BCUT2D eigenvalue weighted by atomic mass is 10.1. The number of hydrogen-bond donors (Lipinski definition) is 2. The van der Waals surface area contributed by atoms with E-state index in [4.69, 9.17) is 16.5 Å². The molecule has 0 spiro atoms. The molecule has 10 heteroatoms. The van der Waals surface area contributed by atoms with E-state index in [0.717, 1.165) is 25.7 Å². The van der Waals surface area contributed by atoms with Crippen LogP contribution in [-0.2, 0) is 28.2 Å². The molecular formula is C22H27ClF3NO3PS+. The molecule has 2 aromatic carbocycles. The van der Waals surface area contributed by atoms with Crippen molar-refractivity contribution in [3.63, 3.8) is 0 Å². The molecule has 0 fully saturated rings. The normalized spacial score (nSPS) is 12.2. The summed E-state index contributed by atoms with van der Waals surface area (Å²) < 4.78 is 55.5. The minimum absolute atomic E-state index is 0.113. The fourth-order valence-electron chi connectivity index (χ4n) is 3.05. The van der Waals surface area contributed by atoms with Crippen molar-refractivity contribution in [3.05, 3.63) is 64.2 Å². The number of rotatable bonds is 14. The van der Waals surface area contributed by atoms with E-state index in [1.807, 2.05) is 24.3 Å². The van der Waals surface area contributed by atoms with Gasteiger partial charge >= 0.3 is 14.4 Å². The van der Waals surface area contributed by atoms with Crippen molar-refractivity contribution < 1.29 is 27.2 Å². The fraction of sp³-hybridized carbons (Fsp3) is 0.455. The van der Waals surface area contributed by atoms with Gasteiger partial charge in [-0.2, -0.15) is 13.2 Å². The first-order valence-corrected chi connectivity index (χ1v) is 12.8. The molecule has 32 heavy (non-hydrogen) atoms. The van der Waals surface area contributed by atoms with Crippen molar-refractivity contribution in [1.82, 2.24) is 5.32 Å². The predicted molar refractivity (Wildman–Crippen MR) is 123 cm³/mol. The molecule has 176 valence electrons. The van der Waals surface area contributed by atoms with E-state index in [1.54, 1.807) is 6.07 Å². The van der Waals surface area contributed by atoms with E-state index in [0.29, 0.717) is 29.3 Å². The SMILES string of the molecule is O=[P+](O)OCCCNCc1ccc(SCCCCCc2ccc(Cl)cc2)c(C(F)(F)F)c1. The lowest BCUT2D eigenvalue weighted by Crippen LogP contribution is -2.17. The van der Waals surface area contributed by atoms with Gasteiger partial charge in [0.05, 0.1) is 5.56 Å². The monoisotopic (exact) mass is 508 g/mol. The highest BCUT2D eigenvalue weighted by molar-refractivity contribution is 7.99. The van der Waals surface area contributed by atoms with Crippen molar-refractivity contribution in [1.29, 1.82) is 0 Å². The topological polar surface area (TPSA) is 58.6 Å². The van der Waals surface area contributed by atoms with Crippen molar-refractivity contribution in [2.75, 3.05) is 18.9 Å². The number of aryl methyl sites for hydroxylation is 1. The molecule has 0 saturated heterocycles. The average molecular weight is 509 g/mol. The van der Waals surface area contributed by atoms with Crippen LogP contribution < -0.4 is 5.32 Å². The number of halogens is 4. The van der Waals surface area contributed by atoms with Gasteiger partial charge in [-0.3, -0.25) is 0 Å². The van der Waals surface area contributed by atoms with Crippen molar-refractivity contribution in [2.24, 2.45) is 0 Å². The highest BCUT2D eigenvalue weighted by Gasteiger charge is 2.33. The second-order valence-corrected chi connectivity index (χ2v) is 9.52. The summed E-state index contributed by atoms with van der Waals surface area (Å²) in [5.41, 5.74) is 1.14. The molecule has 2 rings (SSSR count). The first-order chi connectivity index (χ1) is 15.3. The zero-order valence-electron chi connectivity index (χ0n) is 17.5. The Morgan fingerprint density at radius 2 is 1.75 bits per heavy atom. The largest absolute Gasteiger partial charge is 0.694 e. The maximum atomic E-state index is 13.5. The standard InChI is InChI=1S/C22H26ClF3NO3PS/c23-19-9-6-17(7-10-19)5-2-1-3-14-32-21-11-8-18(15-20(21)22(24,25)26)16-27-12-4-13-30-31(28)29/h6-11,15,27H,1-5,12-14,16H2/p+1. The molecule has 0 radical (unpaired) electrons. The molecule has 0 aliphatic carbocycles. The van der Waals surface area contributed by atoms with Crippen LogP contribution >= 0.6 is 31.6 Å². The third-order valence-corrected chi connectivity index (χ3v) is 6.47. The van der Waals surface area contributed by atoms with Crippen LogP contribution in [0.2, 0.25) is 5.02 Å². The minimum Gasteiger partial charge on any atom is -0.313 e. The molecule has 0 saturated carbocycles.